The predicted octanol–water partition coefficient (Wildman–Crippen LogP) is 6.61. The molecule has 0 aromatic heterocycles. The Kier molecular flexibility index (Phi) is 6.10. The topological polar surface area (TPSA) is 74.8 Å². The van der Waals surface area contributed by atoms with E-state index in [2.05, 4.69) is 0 Å². The molecule has 0 fully saturated rings. The molecule has 5 aromatic rings. The maximum atomic E-state index is 14.6. The van der Waals surface area contributed by atoms with Crippen molar-refractivity contribution in [3.05, 3.63) is 167 Å². The SMILES string of the molecule is O=C1c2ccccc2C(=O)N1Cc1ccc2c(c1)S(=O)(=O)N(c1ccccc1)C(c1ccccc1)=C2c1ccccc1. The van der Waals surface area contributed by atoms with Crippen molar-refractivity contribution in [2.45, 2.75) is 11.4 Å². The van der Waals surface area contributed by atoms with E-state index in [-0.39, 0.29) is 11.4 Å². The number of fused-ring (bicyclic) bond motifs is 2. The Balaban J connectivity index is 1.45. The Hall–Kier alpha value is -5.27. The summed E-state index contributed by atoms with van der Waals surface area (Å²) < 4.78 is 30.6. The van der Waals surface area contributed by atoms with Gasteiger partial charge in [0, 0.05) is 11.1 Å². The van der Waals surface area contributed by atoms with Gasteiger partial charge in [-0.1, -0.05) is 103 Å². The van der Waals surface area contributed by atoms with Crippen LogP contribution < -0.4 is 4.31 Å². The van der Waals surface area contributed by atoms with E-state index in [0.717, 1.165) is 16.7 Å². The molecule has 0 spiro atoms. The van der Waals surface area contributed by atoms with Crippen LogP contribution in [0.3, 0.4) is 0 Å². The van der Waals surface area contributed by atoms with Crippen molar-refractivity contribution in [1.29, 1.82) is 0 Å². The lowest BCUT2D eigenvalue weighted by Crippen LogP contribution is -2.35. The summed E-state index contributed by atoms with van der Waals surface area (Å²) in [5, 5.41) is 0. The molecule has 0 radical (unpaired) electrons. The van der Waals surface area contributed by atoms with Crippen LogP contribution in [0.1, 0.15) is 43.0 Å². The van der Waals surface area contributed by atoms with Gasteiger partial charge in [-0.2, -0.15) is 0 Å². The number of anilines is 1. The molecule has 2 heterocycles. The summed E-state index contributed by atoms with van der Waals surface area (Å²) >= 11 is 0. The maximum absolute atomic E-state index is 14.6. The summed E-state index contributed by atoms with van der Waals surface area (Å²) in [4.78, 5) is 27.4. The second-order valence-corrected chi connectivity index (χ2v) is 11.9. The highest BCUT2D eigenvalue weighted by atomic mass is 32.2. The van der Waals surface area contributed by atoms with Gasteiger partial charge in [0.05, 0.1) is 34.0 Å². The number of hydrogen-bond acceptors (Lipinski definition) is 4. The fourth-order valence-corrected chi connectivity index (χ4v) is 7.47. The Morgan fingerprint density at radius 1 is 0.548 bits per heavy atom. The monoisotopic (exact) mass is 568 g/mol. The third kappa shape index (κ3) is 4.05. The third-order valence-corrected chi connectivity index (χ3v) is 9.36. The van der Waals surface area contributed by atoms with Crippen molar-refractivity contribution in [3.8, 4) is 0 Å². The standard InChI is InChI=1S/C35H24N2O4S/c38-34-28-18-10-11-19-29(28)35(39)36(34)23-24-20-21-30-31(22-24)42(40,41)37(27-16-8-3-9-17-27)33(26-14-6-2-7-15-26)32(30)25-12-4-1-5-13-25/h1-22H,23H2. The summed E-state index contributed by atoms with van der Waals surface area (Å²) in [5.41, 5.74) is 5.23. The number of sulfonamides is 1. The first kappa shape index (κ1) is 25.7. The fraction of sp³-hybridized carbons (Fsp3) is 0.0286. The van der Waals surface area contributed by atoms with Gasteiger partial charge in [0.1, 0.15) is 0 Å². The summed E-state index contributed by atoms with van der Waals surface area (Å²) in [6.07, 6.45) is 0. The lowest BCUT2D eigenvalue weighted by molar-refractivity contribution is 0.0642. The molecule has 0 saturated carbocycles. The first-order valence-corrected chi connectivity index (χ1v) is 14.9. The van der Waals surface area contributed by atoms with Crippen LogP contribution in [0.2, 0.25) is 0 Å². The largest absolute Gasteiger partial charge is 0.270 e. The molecule has 0 aliphatic carbocycles. The van der Waals surface area contributed by atoms with Crippen LogP contribution in [0.5, 0.6) is 0 Å². The van der Waals surface area contributed by atoms with Crippen LogP contribution in [-0.4, -0.2) is 25.1 Å². The van der Waals surface area contributed by atoms with Gasteiger partial charge in [-0.25, -0.2) is 12.7 Å². The van der Waals surface area contributed by atoms with Gasteiger partial charge in [0.15, 0.2) is 0 Å². The Labute approximate surface area is 243 Å². The van der Waals surface area contributed by atoms with Crippen molar-refractivity contribution in [3.63, 3.8) is 0 Å². The average molecular weight is 569 g/mol. The quantitative estimate of drug-likeness (QED) is 0.224. The van der Waals surface area contributed by atoms with Crippen LogP contribution in [-0.2, 0) is 16.6 Å². The van der Waals surface area contributed by atoms with Crippen LogP contribution in [0.4, 0.5) is 5.69 Å². The van der Waals surface area contributed by atoms with Crippen molar-refractivity contribution in [1.82, 2.24) is 4.90 Å². The Morgan fingerprint density at radius 2 is 1.07 bits per heavy atom. The molecule has 204 valence electrons. The lowest BCUT2D eigenvalue weighted by atomic mass is 9.92. The summed E-state index contributed by atoms with van der Waals surface area (Å²) in [6, 6.07) is 40.1. The molecule has 0 atom stereocenters. The second-order valence-electron chi connectivity index (χ2n) is 10.1. The second kappa shape index (κ2) is 9.98. The molecule has 0 bridgehead atoms. The zero-order valence-corrected chi connectivity index (χ0v) is 23.2. The zero-order valence-electron chi connectivity index (χ0n) is 22.3. The van der Waals surface area contributed by atoms with Gasteiger partial charge in [0.2, 0.25) is 0 Å². The molecule has 0 saturated heterocycles. The van der Waals surface area contributed by atoms with Crippen molar-refractivity contribution in [2.24, 2.45) is 0 Å². The highest BCUT2D eigenvalue weighted by Gasteiger charge is 2.40. The van der Waals surface area contributed by atoms with Crippen molar-refractivity contribution < 1.29 is 18.0 Å². The molecule has 2 amide bonds. The fourth-order valence-electron chi connectivity index (χ4n) is 5.68. The summed E-state index contributed by atoms with van der Waals surface area (Å²) in [6.45, 7) is -0.0452. The lowest BCUT2D eigenvalue weighted by Gasteiger charge is -2.35. The van der Waals surface area contributed by atoms with Gasteiger partial charge in [0.25, 0.3) is 21.8 Å². The summed E-state index contributed by atoms with van der Waals surface area (Å²) in [7, 11) is -4.12. The van der Waals surface area contributed by atoms with E-state index in [0.29, 0.717) is 33.6 Å². The molecular formula is C35H24N2O4S. The first-order chi connectivity index (χ1) is 20.4. The third-order valence-electron chi connectivity index (χ3n) is 7.59. The highest BCUT2D eigenvalue weighted by molar-refractivity contribution is 7.93. The number of hydrogen-bond donors (Lipinski definition) is 0. The number of imide groups is 1. The minimum Gasteiger partial charge on any atom is -0.270 e. The number of nitrogens with zero attached hydrogens (tertiary/aromatic N) is 2. The number of carbonyl (C=O) groups is 2. The number of benzene rings is 5. The number of amides is 2. The molecule has 0 N–H and O–H groups in total. The predicted molar refractivity (Wildman–Crippen MR) is 162 cm³/mol. The van der Waals surface area contributed by atoms with Gasteiger partial charge >= 0.3 is 0 Å². The Bertz CT molecular complexity index is 1970. The van der Waals surface area contributed by atoms with E-state index in [9.17, 15) is 18.0 Å². The van der Waals surface area contributed by atoms with Crippen LogP contribution >= 0.6 is 0 Å². The van der Waals surface area contributed by atoms with Gasteiger partial charge in [-0.3, -0.25) is 14.5 Å². The first-order valence-electron chi connectivity index (χ1n) is 13.5. The number of para-hydroxylation sites is 1. The number of carbonyl (C=O) groups excluding carboxylic acids is 2. The normalized spacial score (nSPS) is 15.5. The van der Waals surface area contributed by atoms with E-state index in [4.69, 9.17) is 0 Å². The molecule has 5 aromatic carbocycles. The molecule has 2 aliphatic rings. The van der Waals surface area contributed by atoms with E-state index in [1.165, 1.54) is 9.21 Å². The highest BCUT2D eigenvalue weighted by Crippen LogP contribution is 2.46. The molecule has 2 aliphatic heterocycles. The Morgan fingerprint density at radius 3 is 1.67 bits per heavy atom. The van der Waals surface area contributed by atoms with E-state index in [1.54, 1.807) is 54.6 Å². The van der Waals surface area contributed by atoms with Gasteiger partial charge in [-0.05, 0) is 47.0 Å². The van der Waals surface area contributed by atoms with Crippen molar-refractivity contribution in [2.75, 3.05) is 4.31 Å². The average Bonchev–Trinajstić information content (AvgIpc) is 3.27. The zero-order chi connectivity index (χ0) is 28.8. The van der Waals surface area contributed by atoms with Crippen LogP contribution in [0, 0.1) is 0 Å². The smallest absolute Gasteiger partial charge is 0.269 e. The minimum atomic E-state index is -4.12. The van der Waals surface area contributed by atoms with Gasteiger partial charge < -0.3 is 0 Å². The van der Waals surface area contributed by atoms with Crippen LogP contribution in [0.25, 0.3) is 11.3 Å². The van der Waals surface area contributed by atoms with E-state index < -0.39 is 21.8 Å². The molecular weight excluding hydrogens is 544 g/mol. The molecule has 42 heavy (non-hydrogen) atoms. The van der Waals surface area contributed by atoms with Crippen LogP contribution in [0.15, 0.2) is 138 Å². The minimum absolute atomic E-state index is 0.0452. The molecule has 0 unspecified atom stereocenters. The number of rotatable bonds is 5. The maximum Gasteiger partial charge on any atom is 0.269 e. The molecule has 7 heteroatoms. The van der Waals surface area contributed by atoms with Crippen molar-refractivity contribution >= 4 is 38.8 Å². The van der Waals surface area contributed by atoms with Gasteiger partial charge in [-0.15, -0.1) is 0 Å². The van der Waals surface area contributed by atoms with E-state index >= 15 is 0 Å². The molecule has 7 rings (SSSR count). The van der Waals surface area contributed by atoms with E-state index in [1.807, 2.05) is 78.9 Å². The molecule has 6 nitrogen and oxygen atoms in total. The summed E-state index contributed by atoms with van der Waals surface area (Å²) in [5.74, 6) is -0.781.